The van der Waals surface area contributed by atoms with Crippen LogP contribution in [0.3, 0.4) is 0 Å². The van der Waals surface area contributed by atoms with Crippen molar-refractivity contribution in [2.24, 2.45) is 5.10 Å². The van der Waals surface area contributed by atoms with Gasteiger partial charge in [-0.3, -0.25) is 9.59 Å². The molecule has 35 heavy (non-hydrogen) atoms. The van der Waals surface area contributed by atoms with Crippen LogP contribution in [0.25, 0.3) is 11.3 Å². The van der Waals surface area contributed by atoms with E-state index >= 15 is 0 Å². The number of benzene rings is 3. The molecule has 0 aliphatic heterocycles. The molecule has 8 heteroatoms. The smallest absolute Gasteiger partial charge is 0.251 e. The van der Waals surface area contributed by atoms with Gasteiger partial charge >= 0.3 is 0 Å². The molecule has 0 radical (unpaired) electrons. The molecular weight excluding hydrogens is 485 g/mol. The van der Waals surface area contributed by atoms with E-state index in [4.69, 9.17) is 27.6 Å². The van der Waals surface area contributed by atoms with Crippen LogP contribution >= 0.6 is 23.2 Å². The summed E-state index contributed by atoms with van der Waals surface area (Å²) in [5.74, 6) is 0.318. The van der Waals surface area contributed by atoms with E-state index in [0.29, 0.717) is 32.7 Å². The average molecular weight is 506 g/mol. The number of nitrogens with zero attached hydrogens (tertiary/aromatic N) is 1. The lowest BCUT2D eigenvalue weighted by Crippen LogP contribution is -2.32. The van der Waals surface area contributed by atoms with Crippen molar-refractivity contribution in [3.8, 4) is 11.3 Å². The standard InChI is InChI=1S/C27H21Cl2N3O3/c28-22-13-7-12-21(26(22)29)24-15-14-20(35-24)17-30-32-25(33)16-23(18-8-3-1-4-9-18)31-27(34)19-10-5-2-6-11-19/h1-15,17,23H,16H2,(H,31,34)(H,32,33)/b30-17-/t23-/m0/s1. The van der Waals surface area contributed by atoms with Crippen LogP contribution in [0.2, 0.25) is 10.0 Å². The van der Waals surface area contributed by atoms with Gasteiger partial charge in [-0.25, -0.2) is 5.43 Å². The minimum atomic E-state index is -0.528. The molecule has 4 aromatic rings. The van der Waals surface area contributed by atoms with Gasteiger partial charge in [0.2, 0.25) is 5.91 Å². The van der Waals surface area contributed by atoms with Crippen molar-refractivity contribution >= 4 is 41.2 Å². The highest BCUT2D eigenvalue weighted by Gasteiger charge is 2.19. The first-order valence-corrected chi connectivity index (χ1v) is 11.5. The van der Waals surface area contributed by atoms with Crippen LogP contribution in [-0.4, -0.2) is 18.0 Å². The fourth-order valence-corrected chi connectivity index (χ4v) is 3.82. The number of halogens is 2. The van der Waals surface area contributed by atoms with Gasteiger partial charge in [0.05, 0.1) is 28.7 Å². The van der Waals surface area contributed by atoms with Crippen LogP contribution in [0, 0.1) is 0 Å². The molecule has 176 valence electrons. The largest absolute Gasteiger partial charge is 0.455 e. The van der Waals surface area contributed by atoms with E-state index in [0.717, 1.165) is 5.56 Å². The Balaban J connectivity index is 1.40. The minimum Gasteiger partial charge on any atom is -0.455 e. The van der Waals surface area contributed by atoms with Gasteiger partial charge in [-0.15, -0.1) is 0 Å². The van der Waals surface area contributed by atoms with Gasteiger partial charge in [0.25, 0.3) is 5.91 Å². The lowest BCUT2D eigenvalue weighted by atomic mass is 10.0. The van der Waals surface area contributed by atoms with Crippen molar-refractivity contribution in [3.63, 3.8) is 0 Å². The molecule has 0 aliphatic carbocycles. The summed E-state index contributed by atoms with van der Waals surface area (Å²) in [7, 11) is 0. The molecular formula is C27H21Cl2N3O3. The highest BCUT2D eigenvalue weighted by atomic mass is 35.5. The monoisotopic (exact) mass is 505 g/mol. The fourth-order valence-electron chi connectivity index (χ4n) is 3.43. The molecule has 2 N–H and O–H groups in total. The van der Waals surface area contributed by atoms with E-state index < -0.39 is 6.04 Å². The molecule has 0 unspecified atom stereocenters. The summed E-state index contributed by atoms with van der Waals surface area (Å²) in [5, 5.41) is 7.73. The van der Waals surface area contributed by atoms with Gasteiger partial charge in [-0.1, -0.05) is 77.8 Å². The second-order valence-electron chi connectivity index (χ2n) is 7.60. The summed E-state index contributed by atoms with van der Waals surface area (Å²) in [6.07, 6.45) is 1.39. The predicted octanol–water partition coefficient (Wildman–Crippen LogP) is 6.26. The Kier molecular flexibility index (Phi) is 7.98. The summed E-state index contributed by atoms with van der Waals surface area (Å²) >= 11 is 12.3. The average Bonchev–Trinajstić information content (AvgIpc) is 3.35. The van der Waals surface area contributed by atoms with E-state index in [-0.39, 0.29) is 18.2 Å². The Morgan fingerprint density at radius 2 is 1.60 bits per heavy atom. The zero-order chi connectivity index (χ0) is 24.6. The van der Waals surface area contributed by atoms with Crippen LogP contribution in [0.4, 0.5) is 0 Å². The number of hydrazone groups is 1. The number of carbonyl (C=O) groups is 2. The Bertz CT molecular complexity index is 1340. The number of hydrogen-bond donors (Lipinski definition) is 2. The molecule has 0 saturated heterocycles. The first-order valence-electron chi connectivity index (χ1n) is 10.8. The zero-order valence-corrected chi connectivity index (χ0v) is 20.0. The molecule has 1 heterocycles. The third-order valence-electron chi connectivity index (χ3n) is 5.16. The van der Waals surface area contributed by atoms with Crippen molar-refractivity contribution in [1.29, 1.82) is 0 Å². The molecule has 2 amide bonds. The second-order valence-corrected chi connectivity index (χ2v) is 8.39. The third kappa shape index (κ3) is 6.38. The molecule has 0 saturated carbocycles. The van der Waals surface area contributed by atoms with Crippen LogP contribution in [-0.2, 0) is 4.79 Å². The maximum absolute atomic E-state index is 12.7. The van der Waals surface area contributed by atoms with Crippen LogP contribution in [0.5, 0.6) is 0 Å². The van der Waals surface area contributed by atoms with Crippen LogP contribution < -0.4 is 10.7 Å². The fraction of sp³-hybridized carbons (Fsp3) is 0.0741. The number of hydrogen-bond acceptors (Lipinski definition) is 4. The lowest BCUT2D eigenvalue weighted by molar-refractivity contribution is -0.121. The van der Waals surface area contributed by atoms with Gasteiger partial charge in [-0.05, 0) is 42.0 Å². The summed E-state index contributed by atoms with van der Waals surface area (Å²) in [5.41, 5.74) is 4.47. The predicted molar refractivity (Wildman–Crippen MR) is 138 cm³/mol. The molecule has 3 aromatic carbocycles. The van der Waals surface area contributed by atoms with Crippen LogP contribution in [0.15, 0.2) is 101 Å². The Labute approximate surface area is 212 Å². The Morgan fingerprint density at radius 1 is 0.886 bits per heavy atom. The number of nitrogens with one attached hydrogen (secondary N) is 2. The van der Waals surface area contributed by atoms with Gasteiger partial charge in [0, 0.05) is 11.1 Å². The van der Waals surface area contributed by atoms with Gasteiger partial charge in [0.15, 0.2) is 0 Å². The zero-order valence-electron chi connectivity index (χ0n) is 18.4. The normalized spacial score (nSPS) is 11.8. The van der Waals surface area contributed by atoms with E-state index in [1.165, 1.54) is 6.21 Å². The van der Waals surface area contributed by atoms with Gasteiger partial charge in [-0.2, -0.15) is 5.10 Å². The first kappa shape index (κ1) is 24.3. The second kappa shape index (κ2) is 11.5. The maximum Gasteiger partial charge on any atom is 0.251 e. The molecule has 4 rings (SSSR count). The van der Waals surface area contributed by atoms with E-state index in [9.17, 15) is 9.59 Å². The van der Waals surface area contributed by atoms with Crippen LogP contribution in [0.1, 0.15) is 34.1 Å². The molecule has 6 nitrogen and oxygen atoms in total. The molecule has 0 fully saturated rings. The summed E-state index contributed by atoms with van der Waals surface area (Å²) < 4.78 is 5.74. The quantitative estimate of drug-likeness (QED) is 0.218. The molecule has 1 atom stereocenters. The number of carbonyl (C=O) groups excluding carboxylic acids is 2. The topological polar surface area (TPSA) is 83.7 Å². The molecule has 1 aromatic heterocycles. The number of amides is 2. The van der Waals surface area contributed by atoms with Crippen molar-refractivity contribution in [2.75, 3.05) is 0 Å². The SMILES string of the molecule is O=C(C[C@H](NC(=O)c1ccccc1)c1ccccc1)N/N=C\c1ccc(-c2cccc(Cl)c2Cl)o1. The summed E-state index contributed by atoms with van der Waals surface area (Å²) in [6, 6.07) is 26.3. The minimum absolute atomic E-state index is 0.00144. The Morgan fingerprint density at radius 3 is 2.34 bits per heavy atom. The van der Waals surface area contributed by atoms with Gasteiger partial charge < -0.3 is 9.73 Å². The van der Waals surface area contributed by atoms with E-state index in [1.54, 1.807) is 54.6 Å². The molecule has 0 aliphatic rings. The number of rotatable bonds is 8. The van der Waals surface area contributed by atoms with Crippen molar-refractivity contribution in [1.82, 2.24) is 10.7 Å². The summed E-state index contributed by atoms with van der Waals surface area (Å²) in [4.78, 5) is 25.3. The molecule has 0 spiro atoms. The maximum atomic E-state index is 12.7. The highest BCUT2D eigenvalue weighted by molar-refractivity contribution is 6.43. The molecule has 0 bridgehead atoms. The first-order chi connectivity index (χ1) is 17.0. The van der Waals surface area contributed by atoms with E-state index in [1.807, 2.05) is 36.4 Å². The Hall–Kier alpha value is -3.87. The lowest BCUT2D eigenvalue weighted by Gasteiger charge is -2.18. The van der Waals surface area contributed by atoms with E-state index in [2.05, 4.69) is 15.8 Å². The van der Waals surface area contributed by atoms with Crippen molar-refractivity contribution < 1.29 is 14.0 Å². The summed E-state index contributed by atoms with van der Waals surface area (Å²) in [6.45, 7) is 0. The van der Waals surface area contributed by atoms with Crippen molar-refractivity contribution in [2.45, 2.75) is 12.5 Å². The van der Waals surface area contributed by atoms with Crippen molar-refractivity contribution in [3.05, 3.63) is 118 Å². The highest BCUT2D eigenvalue weighted by Crippen LogP contribution is 2.34. The number of furan rings is 1. The third-order valence-corrected chi connectivity index (χ3v) is 5.98. The van der Waals surface area contributed by atoms with Gasteiger partial charge in [0.1, 0.15) is 11.5 Å².